The molecule has 0 amide bonds. The molecule has 14 heavy (non-hydrogen) atoms. The highest BCUT2D eigenvalue weighted by atomic mass is 79.9. The molecule has 0 spiro atoms. The summed E-state index contributed by atoms with van der Waals surface area (Å²) in [5, 5.41) is 3.90. The predicted octanol–water partition coefficient (Wildman–Crippen LogP) is 1.94. The van der Waals surface area contributed by atoms with E-state index in [-0.39, 0.29) is 6.29 Å². The summed E-state index contributed by atoms with van der Waals surface area (Å²) in [5.74, 6) is 0. The van der Waals surface area contributed by atoms with Gasteiger partial charge >= 0.3 is 0 Å². The highest BCUT2D eigenvalue weighted by Crippen LogP contribution is 2.16. The molecule has 74 valence electrons. The topological polar surface area (TPSA) is 43.7 Å². The van der Waals surface area contributed by atoms with Crippen molar-refractivity contribution in [3.8, 4) is 0 Å². The van der Waals surface area contributed by atoms with Crippen molar-refractivity contribution in [1.82, 2.24) is 4.98 Å². The van der Waals surface area contributed by atoms with E-state index in [0.717, 1.165) is 15.9 Å². The van der Waals surface area contributed by atoms with Crippen LogP contribution in [0.4, 0.5) is 0 Å². The van der Waals surface area contributed by atoms with E-state index >= 15 is 0 Å². The SMILES string of the molecule is CO[C@H]1CC(c2ccc(Br)cn2)=NO1. The van der Waals surface area contributed by atoms with Gasteiger partial charge in [-0.15, -0.1) is 0 Å². The van der Waals surface area contributed by atoms with Gasteiger partial charge in [0.15, 0.2) is 0 Å². The van der Waals surface area contributed by atoms with Crippen LogP contribution in [0.1, 0.15) is 12.1 Å². The highest BCUT2D eigenvalue weighted by molar-refractivity contribution is 9.10. The number of aromatic nitrogens is 1. The third-order valence-electron chi connectivity index (χ3n) is 1.93. The Morgan fingerprint density at radius 1 is 1.57 bits per heavy atom. The summed E-state index contributed by atoms with van der Waals surface area (Å²) < 4.78 is 5.96. The molecule has 0 bridgehead atoms. The Labute approximate surface area is 90.0 Å². The van der Waals surface area contributed by atoms with Gasteiger partial charge in [0.25, 0.3) is 0 Å². The predicted molar refractivity (Wildman–Crippen MR) is 55.0 cm³/mol. The van der Waals surface area contributed by atoms with Crippen molar-refractivity contribution >= 4 is 21.6 Å². The van der Waals surface area contributed by atoms with Crippen molar-refractivity contribution in [1.29, 1.82) is 0 Å². The van der Waals surface area contributed by atoms with Gasteiger partial charge in [-0.2, -0.15) is 0 Å². The maximum atomic E-state index is 5.01. The summed E-state index contributed by atoms with van der Waals surface area (Å²) in [6.45, 7) is 0. The first kappa shape index (κ1) is 9.61. The first-order valence-electron chi connectivity index (χ1n) is 4.17. The molecule has 1 aromatic heterocycles. The smallest absolute Gasteiger partial charge is 0.232 e. The summed E-state index contributed by atoms with van der Waals surface area (Å²) in [7, 11) is 1.60. The molecule has 0 unspecified atom stereocenters. The minimum absolute atomic E-state index is 0.268. The molecule has 0 saturated heterocycles. The molecular weight excluding hydrogens is 248 g/mol. The zero-order valence-electron chi connectivity index (χ0n) is 7.61. The normalized spacial score (nSPS) is 20.4. The summed E-state index contributed by atoms with van der Waals surface area (Å²) in [6, 6.07) is 3.81. The Hall–Kier alpha value is -0.940. The van der Waals surface area contributed by atoms with Gasteiger partial charge in [0.2, 0.25) is 6.29 Å². The van der Waals surface area contributed by atoms with Gasteiger partial charge in [-0.1, -0.05) is 5.16 Å². The van der Waals surface area contributed by atoms with Crippen LogP contribution in [0.25, 0.3) is 0 Å². The Morgan fingerprint density at radius 3 is 3.00 bits per heavy atom. The summed E-state index contributed by atoms with van der Waals surface area (Å²) in [5.41, 5.74) is 1.65. The maximum absolute atomic E-state index is 5.01. The molecule has 2 rings (SSSR count). The molecule has 0 saturated carbocycles. The molecule has 0 N–H and O–H groups in total. The monoisotopic (exact) mass is 256 g/mol. The molecule has 0 aromatic carbocycles. The molecule has 1 aromatic rings. The molecule has 4 nitrogen and oxygen atoms in total. The lowest BCUT2D eigenvalue weighted by Gasteiger charge is -2.02. The Kier molecular flexibility index (Phi) is 2.79. The van der Waals surface area contributed by atoms with Crippen LogP contribution in [0.2, 0.25) is 0 Å². The van der Waals surface area contributed by atoms with E-state index in [1.54, 1.807) is 13.3 Å². The highest BCUT2D eigenvalue weighted by Gasteiger charge is 2.21. The number of pyridine rings is 1. The summed E-state index contributed by atoms with van der Waals surface area (Å²) in [6.07, 6.45) is 2.11. The average Bonchev–Trinajstić information content (AvgIpc) is 2.67. The van der Waals surface area contributed by atoms with Crippen molar-refractivity contribution in [3.05, 3.63) is 28.5 Å². The number of hydrogen-bond donors (Lipinski definition) is 0. The van der Waals surface area contributed by atoms with Gasteiger partial charge in [0.1, 0.15) is 5.71 Å². The zero-order valence-corrected chi connectivity index (χ0v) is 9.19. The molecule has 1 aliphatic rings. The number of ether oxygens (including phenoxy) is 1. The third-order valence-corrected chi connectivity index (χ3v) is 2.40. The van der Waals surface area contributed by atoms with Gasteiger partial charge in [0, 0.05) is 17.8 Å². The maximum Gasteiger partial charge on any atom is 0.232 e. The van der Waals surface area contributed by atoms with Gasteiger partial charge < -0.3 is 9.57 Å². The van der Waals surface area contributed by atoms with Crippen LogP contribution in [0.5, 0.6) is 0 Å². The lowest BCUT2D eigenvalue weighted by molar-refractivity contribution is -0.103. The van der Waals surface area contributed by atoms with E-state index in [9.17, 15) is 0 Å². The second-order valence-electron chi connectivity index (χ2n) is 2.87. The molecular formula is C9H9BrN2O2. The van der Waals surface area contributed by atoms with Gasteiger partial charge in [-0.3, -0.25) is 4.98 Å². The lowest BCUT2D eigenvalue weighted by Crippen LogP contribution is -2.10. The number of nitrogens with zero attached hydrogens (tertiary/aromatic N) is 2. The number of methoxy groups -OCH3 is 1. The molecule has 1 aliphatic heterocycles. The Balaban J connectivity index is 2.13. The van der Waals surface area contributed by atoms with Crippen LogP contribution < -0.4 is 0 Å². The van der Waals surface area contributed by atoms with Gasteiger partial charge in [0.05, 0.1) is 12.1 Å². The molecule has 0 radical (unpaired) electrons. The van der Waals surface area contributed by atoms with Crippen molar-refractivity contribution in [2.75, 3.05) is 7.11 Å². The van der Waals surface area contributed by atoms with Crippen LogP contribution in [-0.4, -0.2) is 24.1 Å². The number of oxime groups is 1. The lowest BCUT2D eigenvalue weighted by atomic mass is 10.2. The largest absolute Gasteiger partial charge is 0.363 e. The quantitative estimate of drug-likeness (QED) is 0.813. The van der Waals surface area contributed by atoms with Crippen LogP contribution in [-0.2, 0) is 9.57 Å². The number of rotatable bonds is 2. The first-order valence-corrected chi connectivity index (χ1v) is 4.96. The molecule has 0 aliphatic carbocycles. The van der Waals surface area contributed by atoms with Crippen molar-refractivity contribution < 1.29 is 9.57 Å². The number of hydrogen-bond acceptors (Lipinski definition) is 4. The van der Waals surface area contributed by atoms with E-state index in [2.05, 4.69) is 26.1 Å². The second kappa shape index (κ2) is 4.06. The van der Waals surface area contributed by atoms with Crippen molar-refractivity contribution in [2.24, 2.45) is 5.16 Å². The van der Waals surface area contributed by atoms with Crippen molar-refractivity contribution in [3.63, 3.8) is 0 Å². The first-order chi connectivity index (χ1) is 6.79. The zero-order chi connectivity index (χ0) is 9.97. The van der Waals surface area contributed by atoms with Crippen LogP contribution in [0.3, 0.4) is 0 Å². The van der Waals surface area contributed by atoms with E-state index < -0.39 is 0 Å². The molecule has 2 heterocycles. The fourth-order valence-corrected chi connectivity index (χ4v) is 1.41. The van der Waals surface area contributed by atoms with E-state index in [4.69, 9.17) is 9.57 Å². The Bertz CT molecular complexity index is 350. The van der Waals surface area contributed by atoms with E-state index in [1.807, 2.05) is 12.1 Å². The summed E-state index contributed by atoms with van der Waals surface area (Å²) in [4.78, 5) is 9.23. The molecule has 5 heteroatoms. The van der Waals surface area contributed by atoms with E-state index in [0.29, 0.717) is 6.42 Å². The number of halogens is 1. The minimum Gasteiger partial charge on any atom is -0.363 e. The second-order valence-corrected chi connectivity index (χ2v) is 3.79. The average molecular weight is 257 g/mol. The van der Waals surface area contributed by atoms with E-state index in [1.165, 1.54) is 0 Å². The van der Waals surface area contributed by atoms with Crippen molar-refractivity contribution in [2.45, 2.75) is 12.7 Å². The fourth-order valence-electron chi connectivity index (χ4n) is 1.18. The standard InChI is InChI=1S/C9H9BrN2O2/c1-13-9-4-8(12-14-9)7-3-2-6(10)5-11-7/h2-3,5,9H,4H2,1H3/t9-/m1/s1. The van der Waals surface area contributed by atoms with Crippen LogP contribution in [0.15, 0.2) is 28.0 Å². The van der Waals surface area contributed by atoms with Crippen LogP contribution in [0, 0.1) is 0 Å². The summed E-state index contributed by atoms with van der Waals surface area (Å²) >= 11 is 3.32. The van der Waals surface area contributed by atoms with Crippen LogP contribution >= 0.6 is 15.9 Å². The molecule has 1 atom stereocenters. The Morgan fingerprint density at radius 2 is 2.43 bits per heavy atom. The third kappa shape index (κ3) is 1.93. The van der Waals surface area contributed by atoms with Gasteiger partial charge in [-0.05, 0) is 28.1 Å². The molecule has 0 fully saturated rings. The fraction of sp³-hybridized carbons (Fsp3) is 0.333. The minimum atomic E-state index is -0.268. The van der Waals surface area contributed by atoms with Gasteiger partial charge in [-0.25, -0.2) is 0 Å².